The summed E-state index contributed by atoms with van der Waals surface area (Å²) in [7, 11) is 0. The largest absolute Gasteiger partial charge is 0.449 e. The first-order valence-corrected chi connectivity index (χ1v) is 7.88. The highest BCUT2D eigenvalue weighted by Gasteiger charge is 2.22. The van der Waals surface area contributed by atoms with Gasteiger partial charge in [-0.15, -0.1) is 0 Å². The number of nitrogens with zero attached hydrogens (tertiary/aromatic N) is 1. The van der Waals surface area contributed by atoms with E-state index in [9.17, 15) is 19.7 Å². The van der Waals surface area contributed by atoms with Gasteiger partial charge in [-0.05, 0) is 31.2 Å². The van der Waals surface area contributed by atoms with Gasteiger partial charge in [-0.2, -0.15) is 0 Å². The number of nitro benzene ring substituents is 1. The molecule has 0 aliphatic rings. The zero-order valence-electron chi connectivity index (χ0n) is 13.1. The van der Waals surface area contributed by atoms with Gasteiger partial charge >= 0.3 is 5.97 Å². The van der Waals surface area contributed by atoms with Gasteiger partial charge in [-0.3, -0.25) is 14.9 Å². The van der Waals surface area contributed by atoms with E-state index in [1.54, 1.807) is 24.3 Å². The standard InChI is InChI=1S/C16H14BrN3O5/c1-9(15(21)19-11-4-2-3-10(17)7-11)25-16(22)13-8-12(20(23)24)5-6-14(13)18/h2-9H,18H2,1H3,(H,19,21)/t9-/m1/s1. The SMILES string of the molecule is C[C@@H](OC(=O)c1cc([N+](=O)[O-])ccc1N)C(=O)Nc1cccc(Br)c1. The number of rotatable bonds is 5. The summed E-state index contributed by atoms with van der Waals surface area (Å²) in [5.41, 5.74) is 5.73. The first kappa shape index (κ1) is 18.4. The Balaban J connectivity index is 2.08. The Labute approximate surface area is 151 Å². The van der Waals surface area contributed by atoms with Gasteiger partial charge in [0.15, 0.2) is 6.10 Å². The van der Waals surface area contributed by atoms with Crippen LogP contribution < -0.4 is 11.1 Å². The molecule has 8 nitrogen and oxygen atoms in total. The lowest BCUT2D eigenvalue weighted by Crippen LogP contribution is -2.30. The molecule has 25 heavy (non-hydrogen) atoms. The van der Waals surface area contributed by atoms with Crippen LogP contribution in [0.15, 0.2) is 46.9 Å². The van der Waals surface area contributed by atoms with Crippen LogP contribution in [-0.2, 0) is 9.53 Å². The summed E-state index contributed by atoms with van der Waals surface area (Å²) in [5, 5.41) is 13.4. The molecule has 2 aromatic rings. The van der Waals surface area contributed by atoms with Crippen molar-refractivity contribution in [3.8, 4) is 0 Å². The molecule has 0 saturated heterocycles. The molecule has 130 valence electrons. The number of amides is 1. The molecular formula is C16H14BrN3O5. The van der Waals surface area contributed by atoms with Gasteiger partial charge in [0.1, 0.15) is 0 Å². The Morgan fingerprint density at radius 2 is 2.00 bits per heavy atom. The van der Waals surface area contributed by atoms with Crippen molar-refractivity contribution in [1.82, 2.24) is 0 Å². The third kappa shape index (κ3) is 4.77. The Morgan fingerprint density at radius 1 is 1.28 bits per heavy atom. The number of benzene rings is 2. The predicted molar refractivity (Wildman–Crippen MR) is 95.2 cm³/mol. The minimum absolute atomic E-state index is 0.0233. The summed E-state index contributed by atoms with van der Waals surface area (Å²) in [6.45, 7) is 1.39. The van der Waals surface area contributed by atoms with Crippen LogP contribution in [0, 0.1) is 10.1 Å². The maximum Gasteiger partial charge on any atom is 0.341 e. The zero-order valence-corrected chi connectivity index (χ0v) is 14.6. The highest BCUT2D eigenvalue weighted by atomic mass is 79.9. The summed E-state index contributed by atoms with van der Waals surface area (Å²) in [5.74, 6) is -1.46. The number of carbonyl (C=O) groups is 2. The Kier molecular flexibility index (Phi) is 5.71. The lowest BCUT2D eigenvalue weighted by Gasteiger charge is -2.14. The van der Waals surface area contributed by atoms with Crippen molar-refractivity contribution in [2.75, 3.05) is 11.1 Å². The summed E-state index contributed by atoms with van der Waals surface area (Å²) >= 11 is 3.28. The van der Waals surface area contributed by atoms with Crippen molar-refractivity contribution in [3.63, 3.8) is 0 Å². The molecule has 0 heterocycles. The van der Waals surface area contributed by atoms with E-state index >= 15 is 0 Å². The van der Waals surface area contributed by atoms with E-state index < -0.39 is 22.9 Å². The fourth-order valence-electron chi connectivity index (χ4n) is 1.92. The smallest absolute Gasteiger partial charge is 0.341 e. The fourth-order valence-corrected chi connectivity index (χ4v) is 2.32. The second kappa shape index (κ2) is 7.75. The first-order chi connectivity index (χ1) is 11.8. The molecule has 9 heteroatoms. The number of nitrogens with one attached hydrogen (secondary N) is 1. The van der Waals surface area contributed by atoms with Gasteiger partial charge in [-0.25, -0.2) is 4.79 Å². The molecule has 1 amide bonds. The zero-order chi connectivity index (χ0) is 18.6. The second-order valence-corrected chi connectivity index (χ2v) is 5.99. The molecule has 1 atom stereocenters. The third-order valence-electron chi connectivity index (χ3n) is 3.21. The average Bonchev–Trinajstić information content (AvgIpc) is 2.54. The van der Waals surface area contributed by atoms with Crippen LogP contribution in [0.25, 0.3) is 0 Å². The van der Waals surface area contributed by atoms with E-state index in [4.69, 9.17) is 10.5 Å². The molecule has 0 saturated carbocycles. The molecular weight excluding hydrogens is 394 g/mol. The maximum absolute atomic E-state index is 12.1. The van der Waals surface area contributed by atoms with Crippen LogP contribution in [0.3, 0.4) is 0 Å². The van der Waals surface area contributed by atoms with E-state index in [0.29, 0.717) is 5.69 Å². The summed E-state index contributed by atoms with van der Waals surface area (Å²) in [4.78, 5) is 34.4. The lowest BCUT2D eigenvalue weighted by molar-refractivity contribution is -0.384. The molecule has 0 bridgehead atoms. The molecule has 0 radical (unpaired) electrons. The molecule has 0 aromatic heterocycles. The third-order valence-corrected chi connectivity index (χ3v) is 3.71. The monoisotopic (exact) mass is 407 g/mol. The van der Waals surface area contributed by atoms with Crippen molar-refractivity contribution in [2.45, 2.75) is 13.0 Å². The van der Waals surface area contributed by atoms with E-state index in [-0.39, 0.29) is 16.9 Å². The normalized spacial score (nSPS) is 11.4. The number of esters is 1. The number of halogens is 1. The van der Waals surface area contributed by atoms with Gasteiger partial charge < -0.3 is 15.8 Å². The van der Waals surface area contributed by atoms with Crippen molar-refractivity contribution >= 4 is 44.9 Å². The molecule has 2 rings (SSSR count). The summed E-state index contributed by atoms with van der Waals surface area (Å²) in [6, 6.07) is 10.3. The second-order valence-electron chi connectivity index (χ2n) is 5.08. The van der Waals surface area contributed by atoms with Gasteiger partial charge in [0.25, 0.3) is 11.6 Å². The Bertz CT molecular complexity index is 840. The van der Waals surface area contributed by atoms with E-state index in [2.05, 4.69) is 21.2 Å². The van der Waals surface area contributed by atoms with Gasteiger partial charge in [0, 0.05) is 28.0 Å². The highest BCUT2D eigenvalue weighted by Crippen LogP contribution is 2.21. The molecule has 0 unspecified atom stereocenters. The van der Waals surface area contributed by atoms with Crippen molar-refractivity contribution < 1.29 is 19.2 Å². The first-order valence-electron chi connectivity index (χ1n) is 7.09. The van der Waals surface area contributed by atoms with Crippen LogP contribution in [-0.4, -0.2) is 22.9 Å². The topological polar surface area (TPSA) is 125 Å². The number of ether oxygens (including phenoxy) is 1. The lowest BCUT2D eigenvalue weighted by atomic mass is 10.1. The Hall–Kier alpha value is -2.94. The summed E-state index contributed by atoms with van der Waals surface area (Å²) in [6.07, 6.45) is -1.12. The highest BCUT2D eigenvalue weighted by molar-refractivity contribution is 9.10. The van der Waals surface area contributed by atoms with Crippen LogP contribution in [0.2, 0.25) is 0 Å². The minimum Gasteiger partial charge on any atom is -0.449 e. The van der Waals surface area contributed by atoms with Gasteiger partial charge in [0.2, 0.25) is 0 Å². The molecule has 0 fully saturated rings. The molecule has 0 aliphatic carbocycles. The number of nitrogen functional groups attached to an aromatic ring is 1. The van der Waals surface area contributed by atoms with Crippen LogP contribution >= 0.6 is 15.9 Å². The van der Waals surface area contributed by atoms with Crippen LogP contribution in [0.4, 0.5) is 17.1 Å². The van der Waals surface area contributed by atoms with Crippen LogP contribution in [0.5, 0.6) is 0 Å². The maximum atomic E-state index is 12.1. The summed E-state index contributed by atoms with van der Waals surface area (Å²) < 4.78 is 5.83. The molecule has 3 N–H and O–H groups in total. The van der Waals surface area contributed by atoms with Gasteiger partial charge in [0.05, 0.1) is 10.5 Å². The average molecular weight is 408 g/mol. The van der Waals surface area contributed by atoms with Gasteiger partial charge in [-0.1, -0.05) is 22.0 Å². The number of nitrogens with two attached hydrogens (primary N) is 1. The van der Waals surface area contributed by atoms with Crippen molar-refractivity contribution in [2.24, 2.45) is 0 Å². The molecule has 0 spiro atoms. The number of hydrogen-bond donors (Lipinski definition) is 2. The number of non-ortho nitro benzene ring substituents is 1. The quantitative estimate of drug-likeness (QED) is 0.339. The van der Waals surface area contributed by atoms with E-state index in [1.165, 1.54) is 19.1 Å². The fraction of sp³-hybridized carbons (Fsp3) is 0.125. The van der Waals surface area contributed by atoms with E-state index in [1.807, 2.05) is 0 Å². The minimum atomic E-state index is -1.12. The molecule has 0 aliphatic heterocycles. The number of anilines is 2. The Morgan fingerprint density at radius 3 is 2.64 bits per heavy atom. The van der Waals surface area contributed by atoms with Crippen LogP contribution in [0.1, 0.15) is 17.3 Å². The van der Waals surface area contributed by atoms with Crippen molar-refractivity contribution in [3.05, 3.63) is 62.6 Å². The number of hydrogen-bond acceptors (Lipinski definition) is 6. The van der Waals surface area contributed by atoms with Crippen molar-refractivity contribution in [1.29, 1.82) is 0 Å². The van der Waals surface area contributed by atoms with E-state index in [0.717, 1.165) is 10.5 Å². The number of nitro groups is 1. The predicted octanol–water partition coefficient (Wildman–Crippen LogP) is 3.12. The molecule has 2 aromatic carbocycles. The number of carbonyl (C=O) groups excluding carboxylic acids is 2.